The molecule has 0 aromatic heterocycles. The smallest absolute Gasteiger partial charge is 0.0246 e. The van der Waals surface area contributed by atoms with E-state index < -0.39 is 0 Å². The molecule has 2 nitrogen and oxygen atoms in total. The first-order valence-corrected chi connectivity index (χ1v) is 9.61. The van der Waals surface area contributed by atoms with Gasteiger partial charge in [0.05, 0.1) is 0 Å². The molecular weight excluding hydrogens is 256 g/mol. The van der Waals surface area contributed by atoms with Crippen LogP contribution in [-0.4, -0.2) is 36.6 Å². The lowest BCUT2D eigenvalue weighted by atomic mass is 9.90. The molecule has 1 heterocycles. The molecule has 1 aliphatic rings. The van der Waals surface area contributed by atoms with E-state index in [4.69, 9.17) is 0 Å². The van der Waals surface area contributed by atoms with Gasteiger partial charge in [0.25, 0.3) is 0 Å². The van der Waals surface area contributed by atoms with E-state index in [0.717, 1.165) is 17.9 Å². The van der Waals surface area contributed by atoms with E-state index in [2.05, 4.69) is 44.8 Å². The van der Waals surface area contributed by atoms with Crippen molar-refractivity contribution in [2.24, 2.45) is 11.8 Å². The molecule has 4 atom stereocenters. The fourth-order valence-electron chi connectivity index (χ4n) is 3.53. The van der Waals surface area contributed by atoms with Gasteiger partial charge in [0.15, 0.2) is 0 Å². The summed E-state index contributed by atoms with van der Waals surface area (Å²) >= 11 is 0. The van der Waals surface area contributed by atoms with E-state index in [1.54, 1.807) is 0 Å². The highest BCUT2D eigenvalue weighted by molar-refractivity contribution is 4.90. The summed E-state index contributed by atoms with van der Waals surface area (Å²) in [6, 6.07) is 1.45. The Balaban J connectivity index is 2.48. The zero-order valence-electron chi connectivity index (χ0n) is 15.3. The van der Waals surface area contributed by atoms with E-state index in [1.165, 1.54) is 64.6 Å². The molecule has 21 heavy (non-hydrogen) atoms. The Morgan fingerprint density at radius 2 is 1.62 bits per heavy atom. The maximum absolute atomic E-state index is 3.83. The average Bonchev–Trinajstić information content (AvgIpc) is 2.53. The number of piperazine rings is 1. The van der Waals surface area contributed by atoms with E-state index in [9.17, 15) is 0 Å². The third kappa shape index (κ3) is 6.28. The molecule has 2 heteroatoms. The molecule has 0 aliphatic carbocycles. The fourth-order valence-corrected chi connectivity index (χ4v) is 3.53. The van der Waals surface area contributed by atoms with Crippen LogP contribution in [0.2, 0.25) is 0 Å². The summed E-state index contributed by atoms with van der Waals surface area (Å²) in [4.78, 5) is 2.81. The SMILES string of the molecule is CCCCCCCN1CC(C(C)CC)NCC1C(C)CC. The van der Waals surface area contributed by atoms with Crippen LogP contribution in [0.3, 0.4) is 0 Å². The molecule has 4 unspecified atom stereocenters. The molecule has 1 fully saturated rings. The molecule has 1 N–H and O–H groups in total. The molecule has 0 aromatic rings. The zero-order chi connectivity index (χ0) is 15.7. The summed E-state index contributed by atoms with van der Waals surface area (Å²) in [5.74, 6) is 1.61. The minimum Gasteiger partial charge on any atom is -0.311 e. The van der Waals surface area contributed by atoms with Gasteiger partial charge in [-0.2, -0.15) is 0 Å². The van der Waals surface area contributed by atoms with Crippen LogP contribution in [0.25, 0.3) is 0 Å². The van der Waals surface area contributed by atoms with Crippen LogP contribution >= 0.6 is 0 Å². The quantitative estimate of drug-likeness (QED) is 0.588. The normalized spacial score (nSPS) is 26.7. The molecule has 1 aliphatic heterocycles. The van der Waals surface area contributed by atoms with Gasteiger partial charge in [0.1, 0.15) is 0 Å². The maximum atomic E-state index is 3.83. The number of hydrogen-bond donors (Lipinski definition) is 1. The van der Waals surface area contributed by atoms with Gasteiger partial charge in [-0.3, -0.25) is 4.90 Å². The van der Waals surface area contributed by atoms with Crippen LogP contribution in [0.15, 0.2) is 0 Å². The Morgan fingerprint density at radius 3 is 2.24 bits per heavy atom. The van der Waals surface area contributed by atoms with Crippen molar-refractivity contribution in [2.75, 3.05) is 19.6 Å². The number of nitrogens with zero attached hydrogens (tertiary/aromatic N) is 1. The van der Waals surface area contributed by atoms with E-state index in [0.29, 0.717) is 6.04 Å². The molecule has 0 bridgehead atoms. The third-order valence-electron chi connectivity index (χ3n) is 5.67. The van der Waals surface area contributed by atoms with E-state index in [-0.39, 0.29) is 0 Å². The molecule has 0 radical (unpaired) electrons. The van der Waals surface area contributed by atoms with Crippen LogP contribution < -0.4 is 5.32 Å². The van der Waals surface area contributed by atoms with Crippen molar-refractivity contribution in [1.82, 2.24) is 10.2 Å². The van der Waals surface area contributed by atoms with Crippen molar-refractivity contribution >= 4 is 0 Å². The standard InChI is InChI=1S/C19H40N2/c1-6-9-10-11-12-13-21-15-18(16(4)7-2)20-14-19(21)17(5)8-3/h16-20H,6-15H2,1-5H3. The summed E-state index contributed by atoms with van der Waals surface area (Å²) in [6.07, 6.45) is 9.57. The van der Waals surface area contributed by atoms with Gasteiger partial charge in [0, 0.05) is 25.2 Å². The minimum absolute atomic E-state index is 0.700. The Kier molecular flexibility index (Phi) is 9.59. The number of hydrogen-bond acceptors (Lipinski definition) is 2. The first kappa shape index (κ1) is 19.0. The Hall–Kier alpha value is -0.0800. The lowest BCUT2D eigenvalue weighted by molar-refractivity contribution is 0.0743. The maximum Gasteiger partial charge on any atom is 0.0246 e. The molecule has 1 rings (SSSR count). The highest BCUT2D eigenvalue weighted by Crippen LogP contribution is 2.22. The summed E-state index contributed by atoms with van der Waals surface area (Å²) in [6.45, 7) is 15.6. The van der Waals surface area contributed by atoms with Gasteiger partial charge < -0.3 is 5.32 Å². The number of nitrogens with one attached hydrogen (secondary N) is 1. The average molecular weight is 297 g/mol. The van der Waals surface area contributed by atoms with Gasteiger partial charge in [-0.25, -0.2) is 0 Å². The van der Waals surface area contributed by atoms with Crippen LogP contribution in [0, 0.1) is 11.8 Å². The van der Waals surface area contributed by atoms with Crippen molar-refractivity contribution in [3.05, 3.63) is 0 Å². The number of rotatable bonds is 10. The molecule has 126 valence electrons. The second-order valence-electron chi connectivity index (χ2n) is 7.26. The van der Waals surface area contributed by atoms with E-state index >= 15 is 0 Å². The largest absolute Gasteiger partial charge is 0.311 e. The second kappa shape index (κ2) is 10.6. The van der Waals surface area contributed by atoms with Gasteiger partial charge in [-0.1, -0.05) is 73.1 Å². The third-order valence-corrected chi connectivity index (χ3v) is 5.67. The number of unbranched alkanes of at least 4 members (excludes halogenated alkanes) is 4. The fraction of sp³-hybridized carbons (Fsp3) is 1.00. The zero-order valence-corrected chi connectivity index (χ0v) is 15.3. The van der Waals surface area contributed by atoms with Gasteiger partial charge >= 0.3 is 0 Å². The lowest BCUT2D eigenvalue weighted by Gasteiger charge is -2.44. The van der Waals surface area contributed by atoms with Crippen molar-refractivity contribution in [3.8, 4) is 0 Å². The first-order valence-electron chi connectivity index (χ1n) is 9.61. The van der Waals surface area contributed by atoms with Gasteiger partial charge in [-0.05, 0) is 24.8 Å². The van der Waals surface area contributed by atoms with Crippen molar-refractivity contribution < 1.29 is 0 Å². The van der Waals surface area contributed by atoms with Crippen LogP contribution in [0.4, 0.5) is 0 Å². The Bertz CT molecular complexity index is 254. The minimum atomic E-state index is 0.700. The van der Waals surface area contributed by atoms with Crippen molar-refractivity contribution in [3.63, 3.8) is 0 Å². The molecular formula is C19H40N2. The predicted octanol–water partition coefficient (Wildman–Crippen LogP) is 4.69. The van der Waals surface area contributed by atoms with Crippen LogP contribution in [0.1, 0.15) is 79.6 Å². The van der Waals surface area contributed by atoms with Crippen molar-refractivity contribution in [1.29, 1.82) is 0 Å². The summed E-state index contributed by atoms with van der Waals surface area (Å²) in [7, 11) is 0. The highest BCUT2D eigenvalue weighted by atomic mass is 15.2. The Morgan fingerprint density at radius 1 is 0.952 bits per heavy atom. The van der Waals surface area contributed by atoms with Gasteiger partial charge in [-0.15, -0.1) is 0 Å². The van der Waals surface area contributed by atoms with Crippen LogP contribution in [-0.2, 0) is 0 Å². The molecule has 0 aromatic carbocycles. The summed E-state index contributed by atoms with van der Waals surface area (Å²) < 4.78 is 0. The molecule has 1 saturated heterocycles. The lowest BCUT2D eigenvalue weighted by Crippen LogP contribution is -2.60. The van der Waals surface area contributed by atoms with Gasteiger partial charge in [0.2, 0.25) is 0 Å². The molecule has 0 saturated carbocycles. The summed E-state index contributed by atoms with van der Waals surface area (Å²) in [5.41, 5.74) is 0. The second-order valence-corrected chi connectivity index (χ2v) is 7.26. The van der Waals surface area contributed by atoms with E-state index in [1.807, 2.05) is 0 Å². The highest BCUT2D eigenvalue weighted by Gasteiger charge is 2.31. The summed E-state index contributed by atoms with van der Waals surface area (Å²) in [5, 5.41) is 3.83. The topological polar surface area (TPSA) is 15.3 Å². The molecule has 0 amide bonds. The first-order chi connectivity index (χ1) is 10.1. The monoisotopic (exact) mass is 296 g/mol. The van der Waals surface area contributed by atoms with Crippen LogP contribution in [0.5, 0.6) is 0 Å². The van der Waals surface area contributed by atoms with Crippen molar-refractivity contribution in [2.45, 2.75) is 91.6 Å². The Labute approximate surface area is 134 Å². The predicted molar refractivity (Wildman–Crippen MR) is 94.8 cm³/mol. The molecule has 0 spiro atoms.